The minimum absolute atomic E-state index is 0.868. The van der Waals surface area contributed by atoms with E-state index < -0.39 is 433 Å². The number of carbonyl (C=O) groups is 5. The first kappa shape index (κ1) is 112. The maximum Gasteiger partial charge on any atom is 0.217 e. The van der Waals surface area contributed by atoms with Gasteiger partial charge >= 0.3 is 0 Å². The fourth-order valence-corrected chi connectivity index (χ4v) is 17.6. The van der Waals surface area contributed by atoms with E-state index in [-0.39, 0.29) is 0 Å². The molecule has 11 fully saturated rings. The van der Waals surface area contributed by atoms with Gasteiger partial charge in [-0.3, -0.25) is 24.0 Å². The molecule has 0 spiro atoms. The van der Waals surface area contributed by atoms with Crippen molar-refractivity contribution in [3.8, 4) is 0 Å². The highest BCUT2D eigenvalue weighted by atomic mass is 16.8. The number of carbonyl (C=O) groups excluding carboxylic acids is 5. The number of rotatable bonds is 35. The molecule has 11 aliphatic rings. The van der Waals surface area contributed by atoms with Crippen molar-refractivity contribution in [2.24, 2.45) is 0 Å². The van der Waals surface area contributed by atoms with Crippen molar-refractivity contribution in [2.45, 2.75) is 379 Å². The molecule has 0 aromatic carbocycles. The zero-order valence-electron chi connectivity index (χ0n) is 73.4. The van der Waals surface area contributed by atoms with Gasteiger partial charge in [-0.1, -0.05) is 0 Å². The summed E-state index contributed by atoms with van der Waals surface area (Å²) in [4.78, 5) is 64.8. The number of aliphatic hydroxyl groups is 29. The Kier molecular flexibility index (Phi) is 40.1. The van der Waals surface area contributed by atoms with Gasteiger partial charge in [-0.25, -0.2) is 0 Å². The van der Waals surface area contributed by atoms with Crippen molar-refractivity contribution < 1.29 is 272 Å². The standard InChI is InChI=1S/C76H127N5O55/c1-17-38(94)50(106)55(111)71(119-17)117-16-32-62(46(102)33(66(115)120-32)77-18(2)89)130-69-36(80-21(5)92)48(104)61(29(13-88)126-69)133-74-58(114)63(134-76-65(53(109)42(98)26(10-85)124-76)136-70-37(81-22(6)93)49(105)60(28(12-87)127-70)132-73-57(113)52(108)41(97)25(9-84)123-73)44(100)31(128-74)15-118-75-64(135-68-34(78-19(3)90)45(101)39(95)23(7-82)121-68)54(110)43(99)30(129-75)14-116-67-35(79-20(4)91)47(103)59(27(11-86)125-67)131-72-56(112)51(107)40(96)24(8-83)122-72/h17,23-76,82-88,94-115H,7-16H2,1-6H3,(H,77,89)(H,78,90)(H,79,91)(H,80,92)(H,81,93)/t17-,23-,24-,25-,26-,27-,28-,29-,30-,31-,32-,33-,34-,35-,36-,37-,38+,39-,40+,41+,42-,43-,44-,45-,46-,47-,48-,49-,50+,51+,52+,53+,54+,55-,56-,57-,58+,59-,60-,61-,62-,63+,64+,65+,66-,67-,68+,69+,70+,71+,72+,73+,74+,75+,76-/m1/s1. The molecule has 11 aliphatic heterocycles. The molecule has 0 radical (unpaired) electrons. The highest BCUT2D eigenvalue weighted by Crippen LogP contribution is 2.41. The lowest BCUT2D eigenvalue weighted by molar-refractivity contribution is -0.399. The Labute approximate surface area is 770 Å². The second-order valence-electron chi connectivity index (χ2n) is 34.6. The molecule has 11 rings (SSSR count). The van der Waals surface area contributed by atoms with Crippen molar-refractivity contribution >= 4 is 29.5 Å². The predicted molar refractivity (Wildman–Crippen MR) is 419 cm³/mol. The van der Waals surface area contributed by atoms with Gasteiger partial charge in [0.2, 0.25) is 29.5 Å². The van der Waals surface area contributed by atoms with E-state index >= 15 is 0 Å². The van der Waals surface area contributed by atoms with E-state index in [1.165, 1.54) is 6.92 Å². The zero-order chi connectivity index (χ0) is 100. The van der Waals surface area contributed by atoms with Gasteiger partial charge in [0.05, 0.1) is 72.2 Å². The predicted octanol–water partition coefficient (Wildman–Crippen LogP) is -23.2. The van der Waals surface area contributed by atoms with Crippen LogP contribution in [0.2, 0.25) is 0 Å². The van der Waals surface area contributed by atoms with Crippen LogP contribution in [0, 0.1) is 0 Å². The average molecular weight is 1990 g/mol. The van der Waals surface area contributed by atoms with E-state index in [1.807, 2.05) is 0 Å². The minimum atomic E-state index is -2.70. The number of nitrogens with one attached hydrogen (secondary N) is 5. The number of amides is 5. The van der Waals surface area contributed by atoms with E-state index in [4.69, 9.17) is 99.5 Å². The average Bonchev–Trinajstić information content (AvgIpc) is 0.763. The van der Waals surface area contributed by atoms with Crippen LogP contribution < -0.4 is 26.6 Å². The van der Waals surface area contributed by atoms with Crippen molar-refractivity contribution in [2.75, 3.05) is 66.1 Å². The second kappa shape index (κ2) is 48.8. The summed E-state index contributed by atoms with van der Waals surface area (Å²) in [5.74, 6) is -4.75. The molecule has 60 heteroatoms. The molecule has 55 atom stereocenters. The molecule has 0 bridgehead atoms. The summed E-state index contributed by atoms with van der Waals surface area (Å²) in [6.45, 7) is -5.25. The van der Waals surface area contributed by atoms with Crippen molar-refractivity contribution in [1.29, 1.82) is 0 Å². The number of aliphatic hydroxyl groups excluding tert-OH is 29. The molecule has 0 unspecified atom stereocenters. The molecule has 0 aromatic rings. The SMILES string of the molecule is CC(=O)N[C@@H]1[C@@H](O)[C@H](O[C@@H]2O[C@H](CO)[C@@H](O[C@@H]3O[C@H](CO[C@H]4O[C@H](CO[C@@H]5O[C@H](CO)[C@@H](O[C@@H]6O[C@H](CO)[C@H](O)[C@H](O)[C@H]6O)[C@H](O)[C@H]5NC(C)=O)[C@@H](O)[C@H](O)[C@@H]4O[C@@H]4O[C@H](CO)[C@@H](O)[C@H](O)[C@H]4NC(C)=O)[C@@H](O)[C@H](O[C@H]4O[C@H](CO)[C@@H](O)[C@H](O)[C@@H]4O[C@@H]4O[C@H](CO)[C@@H](O[C@@H]5O[C@H](CO)[C@H](O)[C@H](O)[C@H]5O)[C@H](O)[C@H]4NC(C)=O)[C@@H]3O)[C@H](O)[C@H]2NC(C)=O)[C@@H](CO[C@H]2O[C@H](C)[C@H](O)[C@H](O)[C@H]2O)O[C@H]1O. The number of hydrogen-bond acceptors (Lipinski definition) is 55. The third-order valence-electron chi connectivity index (χ3n) is 24.9. The monoisotopic (exact) mass is 1990 g/mol. The van der Waals surface area contributed by atoms with E-state index in [2.05, 4.69) is 26.6 Å². The van der Waals surface area contributed by atoms with Crippen LogP contribution in [-0.4, -0.2) is 581 Å². The van der Waals surface area contributed by atoms with Gasteiger partial charge in [0.15, 0.2) is 69.2 Å². The Balaban J connectivity index is 0.950. The molecule has 60 nitrogen and oxygen atoms in total. The fraction of sp³-hybridized carbons (Fsp3) is 0.934. The lowest BCUT2D eigenvalue weighted by Gasteiger charge is -2.51. The second-order valence-corrected chi connectivity index (χ2v) is 34.6. The Morgan fingerprint density at radius 1 is 0.206 bits per heavy atom. The summed E-state index contributed by atoms with van der Waals surface area (Å²) >= 11 is 0. The third kappa shape index (κ3) is 24.9. The highest BCUT2D eigenvalue weighted by molar-refractivity contribution is 5.75. The van der Waals surface area contributed by atoms with Crippen LogP contribution in [0.25, 0.3) is 0 Å². The Morgan fingerprint density at radius 2 is 0.463 bits per heavy atom. The summed E-state index contributed by atoms with van der Waals surface area (Å²) in [5.41, 5.74) is 0. The third-order valence-corrected chi connectivity index (χ3v) is 24.9. The maximum atomic E-state index is 13.4. The molecule has 0 aromatic heterocycles. The molecule has 0 aliphatic carbocycles. The molecule has 11 heterocycles. The summed E-state index contributed by atoms with van der Waals surface area (Å²) in [7, 11) is 0. The summed E-state index contributed by atoms with van der Waals surface area (Å²) in [5, 5.41) is 338. The van der Waals surface area contributed by atoms with Gasteiger partial charge in [-0.2, -0.15) is 0 Å². The van der Waals surface area contributed by atoms with Crippen molar-refractivity contribution in [3.63, 3.8) is 0 Å². The van der Waals surface area contributed by atoms with Gasteiger partial charge in [0.1, 0.15) is 262 Å². The van der Waals surface area contributed by atoms with Gasteiger partial charge in [-0.05, 0) is 6.92 Å². The smallest absolute Gasteiger partial charge is 0.217 e. The van der Waals surface area contributed by atoms with E-state index in [0.717, 1.165) is 34.6 Å². The molecule has 5 amide bonds. The Bertz CT molecular complexity index is 3760. The summed E-state index contributed by atoms with van der Waals surface area (Å²) in [6.07, 6.45) is -105. The highest BCUT2D eigenvalue weighted by Gasteiger charge is 2.62. The van der Waals surface area contributed by atoms with Crippen LogP contribution >= 0.6 is 0 Å². The molecule has 0 saturated carbocycles. The van der Waals surface area contributed by atoms with Crippen molar-refractivity contribution in [3.05, 3.63) is 0 Å². The largest absolute Gasteiger partial charge is 0.394 e. The van der Waals surface area contributed by atoms with Crippen LogP contribution in [0.5, 0.6) is 0 Å². The van der Waals surface area contributed by atoms with E-state index in [1.54, 1.807) is 0 Å². The van der Waals surface area contributed by atoms with E-state index in [0.29, 0.717) is 0 Å². The molecule has 136 heavy (non-hydrogen) atoms. The number of hydrogen-bond donors (Lipinski definition) is 34. The van der Waals surface area contributed by atoms with Gasteiger partial charge < -0.3 is 274 Å². The normalized spacial score (nSPS) is 49.2. The minimum Gasteiger partial charge on any atom is -0.394 e. The van der Waals surface area contributed by atoms with Crippen molar-refractivity contribution in [1.82, 2.24) is 26.6 Å². The first-order chi connectivity index (χ1) is 64.3. The van der Waals surface area contributed by atoms with Crippen LogP contribution in [0.3, 0.4) is 0 Å². The lowest BCUT2D eigenvalue weighted by atomic mass is 9.93. The quantitative estimate of drug-likeness (QED) is 0.0280. The van der Waals surface area contributed by atoms with E-state index in [9.17, 15) is 172 Å². The Hall–Kier alpha value is -4.65. The fourth-order valence-electron chi connectivity index (χ4n) is 17.6. The molecule has 786 valence electrons. The topological polar surface area (TPSA) is 926 Å². The zero-order valence-corrected chi connectivity index (χ0v) is 73.4. The van der Waals surface area contributed by atoms with Crippen LogP contribution in [0.15, 0.2) is 0 Å². The Morgan fingerprint density at radius 3 is 0.890 bits per heavy atom. The molecule has 34 N–H and O–H groups in total. The van der Waals surface area contributed by atoms with Gasteiger partial charge in [0.25, 0.3) is 0 Å². The lowest BCUT2D eigenvalue weighted by Crippen LogP contribution is -2.71. The van der Waals surface area contributed by atoms with Crippen LogP contribution in [0.4, 0.5) is 0 Å². The molecule has 11 saturated heterocycles. The first-order valence-corrected chi connectivity index (χ1v) is 43.5. The maximum absolute atomic E-state index is 13.4. The summed E-state index contributed by atoms with van der Waals surface area (Å²) < 4.78 is 126. The van der Waals surface area contributed by atoms with Gasteiger partial charge in [0, 0.05) is 34.6 Å². The van der Waals surface area contributed by atoms with Crippen LogP contribution in [-0.2, 0) is 123 Å². The summed E-state index contributed by atoms with van der Waals surface area (Å²) in [6, 6.07) is -9.62. The van der Waals surface area contributed by atoms with Gasteiger partial charge in [-0.15, -0.1) is 0 Å². The molecular weight excluding hydrogens is 1860 g/mol. The number of ether oxygens (including phenoxy) is 21. The first-order valence-electron chi connectivity index (χ1n) is 43.5. The van der Waals surface area contributed by atoms with Crippen LogP contribution in [0.1, 0.15) is 41.5 Å². The molecular formula is C76H127N5O55.